The van der Waals surface area contributed by atoms with Crippen LogP contribution in [0.4, 0.5) is 0 Å². The standard InChI is InChI=1S/C25H29NO.ClH/c1-2-7-14-22(13-6-1)26-18-24-23-15-9-8-12-21(23)16-17-25(24)27-19-20-10-4-3-5-11-20;/h3-5,8-12,15-17,22,26H,1-2,6-7,13-14,18-19H2;1H. The van der Waals surface area contributed by atoms with Crippen molar-refractivity contribution in [1.29, 1.82) is 0 Å². The van der Waals surface area contributed by atoms with Crippen LogP contribution in [0.2, 0.25) is 0 Å². The topological polar surface area (TPSA) is 21.3 Å². The molecule has 4 rings (SSSR count). The Labute approximate surface area is 174 Å². The van der Waals surface area contributed by atoms with Crippen molar-refractivity contribution in [1.82, 2.24) is 5.32 Å². The second-order valence-electron chi connectivity index (χ2n) is 7.61. The Balaban J connectivity index is 0.00000225. The summed E-state index contributed by atoms with van der Waals surface area (Å²) in [5, 5.41) is 6.40. The molecule has 0 atom stereocenters. The zero-order chi connectivity index (χ0) is 18.3. The Hall–Kier alpha value is -2.03. The van der Waals surface area contributed by atoms with E-state index in [0.717, 1.165) is 12.3 Å². The lowest BCUT2D eigenvalue weighted by atomic mass is 10.0. The van der Waals surface area contributed by atoms with Crippen LogP contribution in [-0.4, -0.2) is 6.04 Å². The SMILES string of the molecule is Cl.c1ccc(COc2ccc3ccccc3c2CNC2CCCCCC2)cc1. The minimum Gasteiger partial charge on any atom is -0.489 e. The molecule has 0 saturated heterocycles. The molecule has 0 bridgehead atoms. The number of ether oxygens (including phenoxy) is 1. The molecular formula is C25H30ClNO. The monoisotopic (exact) mass is 395 g/mol. The van der Waals surface area contributed by atoms with Crippen LogP contribution in [0.15, 0.2) is 66.7 Å². The Bertz CT molecular complexity index is 857. The van der Waals surface area contributed by atoms with Crippen LogP contribution in [-0.2, 0) is 13.2 Å². The molecule has 1 aliphatic carbocycles. The first-order valence-corrected chi connectivity index (χ1v) is 10.3. The van der Waals surface area contributed by atoms with Crippen molar-refractivity contribution in [3.05, 3.63) is 77.9 Å². The number of hydrogen-bond donors (Lipinski definition) is 1. The van der Waals surface area contributed by atoms with Gasteiger partial charge >= 0.3 is 0 Å². The van der Waals surface area contributed by atoms with E-state index in [4.69, 9.17) is 4.74 Å². The molecule has 0 aliphatic heterocycles. The molecule has 0 radical (unpaired) electrons. The molecule has 0 amide bonds. The van der Waals surface area contributed by atoms with E-state index in [1.54, 1.807) is 0 Å². The van der Waals surface area contributed by atoms with E-state index < -0.39 is 0 Å². The molecule has 0 spiro atoms. The maximum absolute atomic E-state index is 6.26. The van der Waals surface area contributed by atoms with Crippen molar-refractivity contribution < 1.29 is 4.74 Å². The smallest absolute Gasteiger partial charge is 0.124 e. The van der Waals surface area contributed by atoms with Crippen molar-refractivity contribution in [2.45, 2.75) is 57.7 Å². The van der Waals surface area contributed by atoms with E-state index in [1.165, 1.54) is 60.4 Å². The first-order valence-electron chi connectivity index (χ1n) is 10.3. The highest BCUT2D eigenvalue weighted by atomic mass is 35.5. The normalized spacial score (nSPS) is 15.0. The van der Waals surface area contributed by atoms with E-state index in [0.29, 0.717) is 12.6 Å². The number of hydrogen-bond acceptors (Lipinski definition) is 2. The maximum Gasteiger partial charge on any atom is 0.124 e. The second-order valence-corrected chi connectivity index (χ2v) is 7.61. The number of benzene rings is 3. The fourth-order valence-corrected chi connectivity index (χ4v) is 4.10. The van der Waals surface area contributed by atoms with Gasteiger partial charge in [0, 0.05) is 18.2 Å². The van der Waals surface area contributed by atoms with Gasteiger partial charge in [-0.2, -0.15) is 0 Å². The average Bonchev–Trinajstić information content (AvgIpc) is 3.00. The predicted molar refractivity (Wildman–Crippen MR) is 120 cm³/mol. The molecule has 3 heteroatoms. The average molecular weight is 396 g/mol. The molecule has 1 N–H and O–H groups in total. The summed E-state index contributed by atoms with van der Waals surface area (Å²) >= 11 is 0. The number of rotatable bonds is 6. The Morgan fingerprint density at radius 3 is 2.29 bits per heavy atom. The largest absolute Gasteiger partial charge is 0.489 e. The molecule has 0 heterocycles. The highest BCUT2D eigenvalue weighted by molar-refractivity contribution is 5.87. The number of halogens is 1. The highest BCUT2D eigenvalue weighted by Gasteiger charge is 2.14. The lowest BCUT2D eigenvalue weighted by Crippen LogP contribution is -2.28. The maximum atomic E-state index is 6.26. The third-order valence-corrected chi connectivity index (χ3v) is 5.66. The van der Waals surface area contributed by atoms with Crippen molar-refractivity contribution in [2.24, 2.45) is 0 Å². The van der Waals surface area contributed by atoms with Gasteiger partial charge in [-0.1, -0.05) is 86.3 Å². The summed E-state index contributed by atoms with van der Waals surface area (Å²) in [4.78, 5) is 0. The zero-order valence-electron chi connectivity index (χ0n) is 16.4. The van der Waals surface area contributed by atoms with Gasteiger partial charge in [0.15, 0.2) is 0 Å². The summed E-state index contributed by atoms with van der Waals surface area (Å²) in [6, 6.07) is 24.0. The summed E-state index contributed by atoms with van der Waals surface area (Å²) in [6.45, 7) is 1.48. The van der Waals surface area contributed by atoms with Crippen molar-refractivity contribution in [3.8, 4) is 5.75 Å². The lowest BCUT2D eigenvalue weighted by Gasteiger charge is -2.19. The van der Waals surface area contributed by atoms with Crippen molar-refractivity contribution >= 4 is 23.2 Å². The number of fused-ring (bicyclic) bond motifs is 1. The molecule has 1 aliphatic rings. The fraction of sp³-hybridized carbons (Fsp3) is 0.360. The van der Waals surface area contributed by atoms with Gasteiger partial charge in [-0.3, -0.25) is 0 Å². The highest BCUT2D eigenvalue weighted by Crippen LogP contribution is 2.29. The zero-order valence-corrected chi connectivity index (χ0v) is 17.2. The molecule has 0 unspecified atom stereocenters. The van der Waals surface area contributed by atoms with Crippen LogP contribution < -0.4 is 10.1 Å². The molecule has 0 aromatic heterocycles. The van der Waals surface area contributed by atoms with Gasteiger partial charge in [0.05, 0.1) is 0 Å². The third kappa shape index (κ3) is 5.27. The molecule has 28 heavy (non-hydrogen) atoms. The van der Waals surface area contributed by atoms with Crippen molar-refractivity contribution in [3.63, 3.8) is 0 Å². The summed E-state index contributed by atoms with van der Waals surface area (Å²) < 4.78 is 6.26. The Kier molecular flexibility index (Phi) is 7.76. The molecule has 148 valence electrons. The predicted octanol–water partition coefficient (Wildman–Crippen LogP) is 6.65. The first-order chi connectivity index (χ1) is 13.4. The molecule has 3 aromatic rings. The molecule has 2 nitrogen and oxygen atoms in total. The molecule has 3 aromatic carbocycles. The van der Waals surface area contributed by atoms with E-state index in [1.807, 2.05) is 6.07 Å². The Morgan fingerprint density at radius 1 is 0.786 bits per heavy atom. The second kappa shape index (κ2) is 10.5. The minimum absolute atomic E-state index is 0. The van der Waals surface area contributed by atoms with E-state index in [2.05, 4.69) is 66.0 Å². The van der Waals surface area contributed by atoms with Gasteiger partial charge in [-0.25, -0.2) is 0 Å². The minimum atomic E-state index is 0. The molecule has 1 fully saturated rings. The lowest BCUT2D eigenvalue weighted by molar-refractivity contribution is 0.302. The van der Waals surface area contributed by atoms with Crippen LogP contribution in [0.3, 0.4) is 0 Å². The van der Waals surface area contributed by atoms with E-state index in [9.17, 15) is 0 Å². The molecule has 1 saturated carbocycles. The quantitative estimate of drug-likeness (QED) is 0.471. The van der Waals surface area contributed by atoms with E-state index in [-0.39, 0.29) is 12.4 Å². The third-order valence-electron chi connectivity index (χ3n) is 5.66. The van der Waals surface area contributed by atoms with E-state index >= 15 is 0 Å². The van der Waals surface area contributed by atoms with Gasteiger partial charge in [0.1, 0.15) is 12.4 Å². The molecular weight excluding hydrogens is 366 g/mol. The van der Waals surface area contributed by atoms with Crippen LogP contribution in [0, 0.1) is 0 Å². The van der Waals surface area contributed by atoms with Crippen LogP contribution in [0.1, 0.15) is 49.7 Å². The van der Waals surface area contributed by atoms with Crippen LogP contribution in [0.5, 0.6) is 5.75 Å². The van der Waals surface area contributed by atoms with Crippen LogP contribution >= 0.6 is 12.4 Å². The van der Waals surface area contributed by atoms with Crippen molar-refractivity contribution in [2.75, 3.05) is 0 Å². The van der Waals surface area contributed by atoms with Gasteiger partial charge in [0.2, 0.25) is 0 Å². The fourth-order valence-electron chi connectivity index (χ4n) is 4.10. The number of nitrogens with one attached hydrogen (secondary N) is 1. The van der Waals surface area contributed by atoms with Gasteiger partial charge in [-0.15, -0.1) is 12.4 Å². The van der Waals surface area contributed by atoms with Gasteiger partial charge in [0.25, 0.3) is 0 Å². The summed E-state index contributed by atoms with van der Waals surface area (Å²) in [6.07, 6.45) is 8.07. The first kappa shape index (κ1) is 20.7. The summed E-state index contributed by atoms with van der Waals surface area (Å²) in [5.41, 5.74) is 2.49. The Morgan fingerprint density at radius 2 is 1.50 bits per heavy atom. The van der Waals surface area contributed by atoms with Gasteiger partial charge < -0.3 is 10.1 Å². The summed E-state index contributed by atoms with van der Waals surface area (Å²) in [7, 11) is 0. The summed E-state index contributed by atoms with van der Waals surface area (Å²) in [5.74, 6) is 0.999. The van der Waals surface area contributed by atoms with Crippen LogP contribution in [0.25, 0.3) is 10.8 Å². The van der Waals surface area contributed by atoms with Gasteiger partial charge in [-0.05, 0) is 35.2 Å².